The fraction of sp³-hybridized carbons (Fsp3) is 0.0769. The molecule has 0 saturated heterocycles. The van der Waals surface area contributed by atoms with Crippen molar-refractivity contribution in [3.05, 3.63) is 53.2 Å². The molecule has 0 unspecified atom stereocenters. The molecule has 0 fully saturated rings. The molecule has 90 valence electrons. The minimum Gasteiger partial charge on any atom is -0.430 e. The Bertz CT molecular complexity index is 650. The molecule has 0 bridgehead atoms. The van der Waals surface area contributed by atoms with Gasteiger partial charge in [0.15, 0.2) is 11.2 Å². The van der Waals surface area contributed by atoms with Crippen LogP contribution in [0.15, 0.2) is 52.2 Å². The molecule has 3 nitrogen and oxygen atoms in total. The summed E-state index contributed by atoms with van der Waals surface area (Å²) in [6.45, 7) is 0. The number of fused-ring (bicyclic) bond motifs is 1. The minimum atomic E-state index is 0.614. The van der Waals surface area contributed by atoms with Gasteiger partial charge < -0.3 is 4.42 Å². The Kier molecular flexibility index (Phi) is 3.21. The van der Waals surface area contributed by atoms with E-state index in [0.29, 0.717) is 16.5 Å². The maximum absolute atomic E-state index is 6.09. The van der Waals surface area contributed by atoms with Gasteiger partial charge in [-0.05, 0) is 23.8 Å². The predicted octanol–water partition coefficient (Wildman–Crippen LogP) is 4.17. The number of thioether (sulfide) groups is 1. The first-order valence-electron chi connectivity index (χ1n) is 5.41. The quantitative estimate of drug-likeness (QED) is 0.673. The van der Waals surface area contributed by atoms with E-state index in [1.807, 2.05) is 36.4 Å². The lowest BCUT2D eigenvalue weighted by Crippen LogP contribution is -1.81. The molecule has 1 aromatic carbocycles. The van der Waals surface area contributed by atoms with Gasteiger partial charge in [0.25, 0.3) is 5.22 Å². The molecule has 0 spiro atoms. The number of pyridine rings is 1. The zero-order chi connectivity index (χ0) is 12.4. The lowest BCUT2D eigenvalue weighted by atomic mass is 10.2. The Balaban J connectivity index is 1.79. The highest BCUT2D eigenvalue weighted by Crippen LogP contribution is 2.27. The van der Waals surface area contributed by atoms with E-state index < -0.39 is 0 Å². The molecule has 0 atom stereocenters. The van der Waals surface area contributed by atoms with Crippen LogP contribution in [0.5, 0.6) is 0 Å². The topological polar surface area (TPSA) is 38.9 Å². The van der Waals surface area contributed by atoms with E-state index in [2.05, 4.69) is 9.97 Å². The average Bonchev–Trinajstić information content (AvgIpc) is 2.80. The molecule has 18 heavy (non-hydrogen) atoms. The fourth-order valence-electron chi connectivity index (χ4n) is 1.57. The number of benzene rings is 1. The molecular formula is C13H9ClN2OS. The monoisotopic (exact) mass is 276 g/mol. The number of hydrogen-bond acceptors (Lipinski definition) is 4. The number of oxazole rings is 1. The van der Waals surface area contributed by atoms with Crippen molar-refractivity contribution in [1.82, 2.24) is 9.97 Å². The first-order valence-corrected chi connectivity index (χ1v) is 6.77. The summed E-state index contributed by atoms with van der Waals surface area (Å²) < 4.78 is 5.58. The van der Waals surface area contributed by atoms with Crippen LogP contribution in [0.1, 0.15) is 5.56 Å². The van der Waals surface area contributed by atoms with E-state index in [9.17, 15) is 0 Å². The summed E-state index contributed by atoms with van der Waals surface area (Å²) in [4.78, 5) is 8.43. The first kappa shape index (κ1) is 11.6. The van der Waals surface area contributed by atoms with Gasteiger partial charge in [-0.2, -0.15) is 4.98 Å². The lowest BCUT2D eigenvalue weighted by Gasteiger charge is -2.00. The SMILES string of the molecule is Clc1ccccc1CSc1nc2ncccc2o1. The second kappa shape index (κ2) is 5.00. The van der Waals surface area contributed by atoms with Gasteiger partial charge >= 0.3 is 0 Å². The Hall–Kier alpha value is -1.52. The minimum absolute atomic E-state index is 0.614. The van der Waals surface area contributed by atoms with Gasteiger partial charge in [0, 0.05) is 17.0 Å². The predicted molar refractivity (Wildman–Crippen MR) is 72.8 cm³/mol. The third-order valence-corrected chi connectivity index (χ3v) is 3.70. The molecule has 0 N–H and O–H groups in total. The normalized spacial score (nSPS) is 10.9. The molecule has 0 radical (unpaired) electrons. The highest BCUT2D eigenvalue weighted by atomic mass is 35.5. The van der Waals surface area contributed by atoms with Crippen LogP contribution in [0.3, 0.4) is 0 Å². The Morgan fingerprint density at radius 1 is 1.17 bits per heavy atom. The van der Waals surface area contributed by atoms with Crippen LogP contribution in [0.4, 0.5) is 0 Å². The zero-order valence-electron chi connectivity index (χ0n) is 9.34. The summed E-state index contributed by atoms with van der Waals surface area (Å²) in [7, 11) is 0. The van der Waals surface area contributed by atoms with Crippen molar-refractivity contribution in [2.45, 2.75) is 11.0 Å². The van der Waals surface area contributed by atoms with E-state index in [1.54, 1.807) is 6.20 Å². The molecule has 5 heteroatoms. The van der Waals surface area contributed by atoms with Crippen molar-refractivity contribution in [1.29, 1.82) is 0 Å². The number of halogens is 1. The molecule has 3 rings (SSSR count). The van der Waals surface area contributed by atoms with Crippen LogP contribution in [0, 0.1) is 0 Å². The molecule has 0 amide bonds. The van der Waals surface area contributed by atoms with E-state index in [4.69, 9.17) is 16.0 Å². The molecule has 2 aromatic heterocycles. The van der Waals surface area contributed by atoms with Crippen LogP contribution < -0.4 is 0 Å². The maximum atomic E-state index is 6.09. The number of aromatic nitrogens is 2. The van der Waals surface area contributed by atoms with Crippen molar-refractivity contribution in [3.63, 3.8) is 0 Å². The molecule has 3 aromatic rings. The van der Waals surface area contributed by atoms with Crippen LogP contribution >= 0.6 is 23.4 Å². The largest absolute Gasteiger partial charge is 0.430 e. The maximum Gasteiger partial charge on any atom is 0.258 e. The second-order valence-corrected chi connectivity index (χ2v) is 5.02. The van der Waals surface area contributed by atoms with Crippen LogP contribution in [-0.4, -0.2) is 9.97 Å². The summed E-state index contributed by atoms with van der Waals surface area (Å²) in [5, 5.41) is 1.38. The molecular weight excluding hydrogens is 268 g/mol. The molecule has 0 aliphatic heterocycles. The van der Waals surface area contributed by atoms with Gasteiger partial charge in [-0.1, -0.05) is 41.6 Å². The second-order valence-electron chi connectivity index (χ2n) is 3.69. The number of rotatable bonds is 3. The van der Waals surface area contributed by atoms with E-state index in [1.165, 1.54) is 11.8 Å². The van der Waals surface area contributed by atoms with Crippen molar-refractivity contribution in [2.75, 3.05) is 0 Å². The number of nitrogens with zero attached hydrogens (tertiary/aromatic N) is 2. The van der Waals surface area contributed by atoms with E-state index in [-0.39, 0.29) is 0 Å². The summed E-state index contributed by atoms with van der Waals surface area (Å²) in [6, 6.07) is 11.4. The fourth-order valence-corrected chi connectivity index (χ4v) is 2.68. The van der Waals surface area contributed by atoms with Gasteiger partial charge in [-0.3, -0.25) is 0 Å². The Labute approximate surface area is 113 Å². The third-order valence-electron chi connectivity index (χ3n) is 2.45. The van der Waals surface area contributed by atoms with Crippen molar-refractivity contribution in [3.8, 4) is 0 Å². The van der Waals surface area contributed by atoms with Gasteiger partial charge in [0.1, 0.15) is 0 Å². The smallest absolute Gasteiger partial charge is 0.258 e. The van der Waals surface area contributed by atoms with Crippen LogP contribution in [0.25, 0.3) is 11.2 Å². The van der Waals surface area contributed by atoms with Gasteiger partial charge in [-0.25, -0.2) is 4.98 Å². The zero-order valence-corrected chi connectivity index (χ0v) is 10.9. The van der Waals surface area contributed by atoms with Gasteiger partial charge in [-0.15, -0.1) is 0 Å². The van der Waals surface area contributed by atoms with Crippen molar-refractivity contribution < 1.29 is 4.42 Å². The number of hydrogen-bond donors (Lipinski definition) is 0. The highest BCUT2D eigenvalue weighted by Gasteiger charge is 2.07. The van der Waals surface area contributed by atoms with Crippen LogP contribution in [-0.2, 0) is 5.75 Å². The highest BCUT2D eigenvalue weighted by molar-refractivity contribution is 7.98. The molecule has 0 saturated carbocycles. The summed E-state index contributed by atoms with van der Waals surface area (Å²) in [6.07, 6.45) is 1.70. The van der Waals surface area contributed by atoms with Gasteiger partial charge in [0.05, 0.1) is 0 Å². The van der Waals surface area contributed by atoms with E-state index in [0.717, 1.165) is 16.3 Å². The van der Waals surface area contributed by atoms with Crippen LogP contribution in [0.2, 0.25) is 5.02 Å². The Morgan fingerprint density at radius 2 is 2.06 bits per heavy atom. The first-order chi connectivity index (χ1) is 8.83. The van der Waals surface area contributed by atoms with Gasteiger partial charge in [0.2, 0.25) is 0 Å². The summed E-state index contributed by atoms with van der Waals surface area (Å²) in [5.41, 5.74) is 2.41. The van der Waals surface area contributed by atoms with E-state index >= 15 is 0 Å². The third kappa shape index (κ3) is 2.35. The molecule has 0 aliphatic carbocycles. The molecule has 2 heterocycles. The van der Waals surface area contributed by atoms with Crippen molar-refractivity contribution in [2.24, 2.45) is 0 Å². The Morgan fingerprint density at radius 3 is 2.89 bits per heavy atom. The lowest BCUT2D eigenvalue weighted by molar-refractivity contribution is 0.489. The average molecular weight is 277 g/mol. The molecule has 0 aliphatic rings. The summed E-state index contributed by atoms with van der Waals surface area (Å²) >= 11 is 7.60. The standard InChI is InChI=1S/C13H9ClN2OS/c14-10-5-2-1-4-9(10)8-18-13-16-12-11(17-13)6-3-7-15-12/h1-7H,8H2. The van der Waals surface area contributed by atoms with Crippen molar-refractivity contribution >= 4 is 34.6 Å². The summed E-state index contributed by atoms with van der Waals surface area (Å²) in [5.74, 6) is 0.729.